The molecule has 0 saturated heterocycles. The standard InChI is InChI=1S/C15H19FN2O2S/c1-11(21(2)20)7-9-18-15(19)14-6-5-13(16)10-12(14)4-3-8-17/h5-6,10-11H,7-9,17H2,1-2H3,(H,18,19). The van der Waals surface area contributed by atoms with E-state index in [2.05, 4.69) is 17.2 Å². The highest BCUT2D eigenvalue weighted by Crippen LogP contribution is 2.10. The number of hydrogen-bond acceptors (Lipinski definition) is 3. The molecule has 1 aromatic rings. The first-order valence-corrected chi connectivity index (χ1v) is 8.16. The fraction of sp³-hybridized carbons (Fsp3) is 0.400. The van der Waals surface area contributed by atoms with Gasteiger partial charge in [0.15, 0.2) is 0 Å². The van der Waals surface area contributed by atoms with Crippen molar-refractivity contribution in [3.8, 4) is 11.8 Å². The predicted octanol–water partition coefficient (Wildman–Crippen LogP) is 1.02. The van der Waals surface area contributed by atoms with Crippen molar-refractivity contribution in [2.24, 2.45) is 5.73 Å². The highest BCUT2D eigenvalue weighted by atomic mass is 32.2. The molecular formula is C15H19FN2O2S. The Bertz CT molecular complexity index is 593. The minimum Gasteiger partial charge on any atom is -0.352 e. The second kappa shape index (κ2) is 8.55. The molecule has 4 nitrogen and oxygen atoms in total. The summed E-state index contributed by atoms with van der Waals surface area (Å²) >= 11 is 0. The average Bonchev–Trinajstić information content (AvgIpc) is 2.44. The zero-order valence-corrected chi connectivity index (χ0v) is 12.9. The molecule has 0 radical (unpaired) electrons. The summed E-state index contributed by atoms with van der Waals surface area (Å²) in [5, 5.41) is 2.74. The molecule has 0 heterocycles. The molecule has 0 saturated carbocycles. The Labute approximate surface area is 126 Å². The van der Waals surface area contributed by atoms with E-state index >= 15 is 0 Å². The van der Waals surface area contributed by atoms with Gasteiger partial charge in [0.05, 0.1) is 12.1 Å². The van der Waals surface area contributed by atoms with Gasteiger partial charge in [0.25, 0.3) is 5.91 Å². The number of amides is 1. The van der Waals surface area contributed by atoms with Crippen molar-refractivity contribution < 1.29 is 13.4 Å². The van der Waals surface area contributed by atoms with E-state index < -0.39 is 16.6 Å². The lowest BCUT2D eigenvalue weighted by Crippen LogP contribution is -2.28. The zero-order valence-electron chi connectivity index (χ0n) is 12.1. The molecule has 2 unspecified atom stereocenters. The molecule has 1 rings (SSSR count). The smallest absolute Gasteiger partial charge is 0.252 e. The molecule has 0 fully saturated rings. The first kappa shape index (κ1) is 17.3. The van der Waals surface area contributed by atoms with Gasteiger partial charge in [-0.25, -0.2) is 4.39 Å². The van der Waals surface area contributed by atoms with E-state index in [1.165, 1.54) is 18.2 Å². The van der Waals surface area contributed by atoms with Gasteiger partial charge in [0.2, 0.25) is 0 Å². The minimum atomic E-state index is -0.918. The first-order valence-electron chi connectivity index (χ1n) is 6.54. The lowest BCUT2D eigenvalue weighted by molar-refractivity contribution is 0.0953. The summed E-state index contributed by atoms with van der Waals surface area (Å²) in [6, 6.07) is 3.82. The molecule has 3 N–H and O–H groups in total. The Morgan fingerprint density at radius 1 is 1.52 bits per heavy atom. The van der Waals surface area contributed by atoms with Gasteiger partial charge in [-0.1, -0.05) is 18.8 Å². The van der Waals surface area contributed by atoms with Gasteiger partial charge in [-0.15, -0.1) is 0 Å². The van der Waals surface area contributed by atoms with Gasteiger partial charge >= 0.3 is 0 Å². The fourth-order valence-corrected chi connectivity index (χ4v) is 2.06. The zero-order chi connectivity index (χ0) is 15.8. The molecule has 2 atom stereocenters. The number of carbonyl (C=O) groups is 1. The van der Waals surface area contributed by atoms with E-state index in [0.717, 1.165) is 0 Å². The first-order chi connectivity index (χ1) is 9.95. The molecule has 0 aromatic heterocycles. The highest BCUT2D eigenvalue weighted by Gasteiger charge is 2.12. The van der Waals surface area contributed by atoms with E-state index in [1.807, 2.05) is 6.92 Å². The van der Waals surface area contributed by atoms with Crippen molar-refractivity contribution in [2.75, 3.05) is 19.3 Å². The number of hydrogen-bond donors (Lipinski definition) is 2. The number of nitrogens with two attached hydrogens (primary N) is 1. The van der Waals surface area contributed by atoms with Crippen LogP contribution in [0.1, 0.15) is 29.3 Å². The highest BCUT2D eigenvalue weighted by molar-refractivity contribution is 7.84. The van der Waals surface area contributed by atoms with Crippen molar-refractivity contribution in [1.29, 1.82) is 0 Å². The van der Waals surface area contributed by atoms with Gasteiger partial charge < -0.3 is 11.1 Å². The van der Waals surface area contributed by atoms with Crippen LogP contribution in [0.15, 0.2) is 18.2 Å². The lowest BCUT2D eigenvalue weighted by atomic mass is 10.1. The molecule has 21 heavy (non-hydrogen) atoms. The van der Waals surface area contributed by atoms with E-state index in [4.69, 9.17) is 5.73 Å². The third-order valence-electron chi connectivity index (χ3n) is 2.95. The van der Waals surface area contributed by atoms with Gasteiger partial charge in [0, 0.05) is 34.4 Å². The number of carbonyl (C=O) groups excluding carboxylic acids is 1. The van der Waals surface area contributed by atoms with Crippen LogP contribution < -0.4 is 11.1 Å². The quantitative estimate of drug-likeness (QED) is 0.798. The summed E-state index contributed by atoms with van der Waals surface area (Å²) < 4.78 is 24.4. The lowest BCUT2D eigenvalue weighted by Gasteiger charge is -2.10. The van der Waals surface area contributed by atoms with Gasteiger partial charge in [-0.2, -0.15) is 0 Å². The largest absolute Gasteiger partial charge is 0.352 e. The topological polar surface area (TPSA) is 72.2 Å². The summed E-state index contributed by atoms with van der Waals surface area (Å²) in [6.07, 6.45) is 2.24. The molecular weight excluding hydrogens is 291 g/mol. The molecule has 0 aliphatic carbocycles. The summed E-state index contributed by atoms with van der Waals surface area (Å²) in [4.78, 5) is 12.1. The van der Waals surface area contributed by atoms with Crippen LogP contribution in [-0.4, -0.2) is 34.7 Å². The molecule has 1 amide bonds. The summed E-state index contributed by atoms with van der Waals surface area (Å²) in [5.74, 6) is 4.51. The Morgan fingerprint density at radius 2 is 2.24 bits per heavy atom. The summed E-state index contributed by atoms with van der Waals surface area (Å²) in [6.45, 7) is 2.40. The minimum absolute atomic E-state index is 0.00928. The monoisotopic (exact) mass is 310 g/mol. The van der Waals surface area contributed by atoms with Crippen LogP contribution in [0.4, 0.5) is 4.39 Å². The molecule has 0 spiro atoms. The van der Waals surface area contributed by atoms with Gasteiger partial charge in [-0.3, -0.25) is 9.00 Å². The van der Waals surface area contributed by atoms with E-state index in [1.54, 1.807) is 6.26 Å². The van der Waals surface area contributed by atoms with Gasteiger partial charge in [0.1, 0.15) is 5.82 Å². The van der Waals surface area contributed by atoms with Crippen molar-refractivity contribution in [3.05, 3.63) is 35.1 Å². The number of benzene rings is 1. The number of halogens is 1. The average molecular weight is 310 g/mol. The molecule has 6 heteroatoms. The second-order valence-electron chi connectivity index (χ2n) is 4.55. The maximum Gasteiger partial charge on any atom is 0.252 e. The van der Waals surface area contributed by atoms with E-state index in [9.17, 15) is 13.4 Å². The third kappa shape index (κ3) is 5.66. The Balaban J connectivity index is 2.76. The van der Waals surface area contributed by atoms with Crippen LogP contribution in [0.2, 0.25) is 0 Å². The predicted molar refractivity (Wildman–Crippen MR) is 82.8 cm³/mol. The molecule has 0 aliphatic heterocycles. The number of rotatable bonds is 5. The van der Waals surface area contributed by atoms with Gasteiger partial charge in [-0.05, 0) is 24.6 Å². The normalized spacial score (nSPS) is 13.0. The molecule has 114 valence electrons. The Morgan fingerprint density at radius 3 is 2.86 bits per heavy atom. The molecule has 0 bridgehead atoms. The Kier molecular flexibility index (Phi) is 7.06. The van der Waals surface area contributed by atoms with Crippen LogP contribution in [0, 0.1) is 17.7 Å². The van der Waals surface area contributed by atoms with Crippen molar-refractivity contribution in [2.45, 2.75) is 18.6 Å². The van der Waals surface area contributed by atoms with Crippen LogP contribution in [0.3, 0.4) is 0 Å². The van der Waals surface area contributed by atoms with Crippen molar-refractivity contribution in [3.63, 3.8) is 0 Å². The molecule has 1 aromatic carbocycles. The SMILES string of the molecule is CC(CCNC(=O)c1ccc(F)cc1C#CCN)S(C)=O. The van der Waals surface area contributed by atoms with Crippen LogP contribution >= 0.6 is 0 Å². The van der Waals surface area contributed by atoms with E-state index in [0.29, 0.717) is 24.1 Å². The van der Waals surface area contributed by atoms with Crippen molar-refractivity contribution in [1.82, 2.24) is 5.32 Å². The van der Waals surface area contributed by atoms with Crippen LogP contribution in [0.5, 0.6) is 0 Å². The third-order valence-corrected chi connectivity index (χ3v) is 4.32. The van der Waals surface area contributed by atoms with E-state index in [-0.39, 0.29) is 17.7 Å². The summed E-state index contributed by atoms with van der Waals surface area (Å²) in [5.41, 5.74) is 5.90. The second-order valence-corrected chi connectivity index (χ2v) is 6.35. The fourth-order valence-electron chi connectivity index (χ4n) is 1.61. The number of nitrogens with one attached hydrogen (secondary N) is 1. The molecule has 0 aliphatic rings. The van der Waals surface area contributed by atoms with Crippen molar-refractivity contribution >= 4 is 16.7 Å². The maximum absolute atomic E-state index is 13.2. The van der Waals surface area contributed by atoms with Crippen LogP contribution in [0.25, 0.3) is 0 Å². The van der Waals surface area contributed by atoms with Crippen LogP contribution in [-0.2, 0) is 10.8 Å². The Hall–Kier alpha value is -1.71. The maximum atomic E-state index is 13.2. The summed E-state index contributed by atoms with van der Waals surface area (Å²) in [7, 11) is -0.918.